The molecule has 0 radical (unpaired) electrons. The fourth-order valence-corrected chi connectivity index (χ4v) is 5.20. The van der Waals surface area contributed by atoms with Crippen LogP contribution >= 0.6 is 0 Å². The molecule has 0 saturated carbocycles. The van der Waals surface area contributed by atoms with E-state index in [9.17, 15) is 38.2 Å². The first-order valence-electron chi connectivity index (χ1n) is 12.4. The van der Waals surface area contributed by atoms with Crippen LogP contribution in [0.4, 0.5) is 11.4 Å². The first kappa shape index (κ1) is 31.2. The fourth-order valence-electron chi connectivity index (χ4n) is 4.09. The van der Waals surface area contributed by atoms with Crippen molar-refractivity contribution in [3.8, 4) is 0 Å². The topological polar surface area (TPSA) is 201 Å². The zero-order valence-electron chi connectivity index (χ0n) is 22.6. The van der Waals surface area contributed by atoms with Crippen LogP contribution in [0, 0.1) is 27.2 Å². The lowest BCUT2D eigenvalue weighted by molar-refractivity contribution is -0.394. The predicted octanol–water partition coefficient (Wildman–Crippen LogP) is 3.34. The van der Waals surface area contributed by atoms with Crippen LogP contribution in [0.5, 0.6) is 0 Å². The highest BCUT2D eigenvalue weighted by molar-refractivity contribution is 7.86. The zero-order chi connectivity index (χ0) is 31.3. The summed E-state index contributed by atoms with van der Waals surface area (Å²) in [6.07, 6.45) is -6.36. The fraction of sp³-hybridized carbons (Fsp3) is 0.259. The summed E-state index contributed by atoms with van der Waals surface area (Å²) < 4.78 is 53.9. The van der Waals surface area contributed by atoms with Crippen LogP contribution in [0.15, 0.2) is 77.7 Å². The number of benzene rings is 3. The van der Waals surface area contributed by atoms with E-state index < -0.39 is 80.1 Å². The van der Waals surface area contributed by atoms with Crippen LogP contribution in [-0.4, -0.2) is 68.5 Å². The van der Waals surface area contributed by atoms with E-state index in [0.717, 1.165) is 17.7 Å². The van der Waals surface area contributed by atoms with Gasteiger partial charge in [0.25, 0.3) is 21.5 Å². The van der Waals surface area contributed by atoms with Gasteiger partial charge in [-0.2, -0.15) is 8.42 Å². The third-order valence-electron chi connectivity index (χ3n) is 6.23. The maximum absolute atomic E-state index is 13.3. The first-order valence-corrected chi connectivity index (χ1v) is 13.9. The van der Waals surface area contributed by atoms with Gasteiger partial charge in [-0.25, -0.2) is 9.59 Å². The Morgan fingerprint density at radius 1 is 0.837 bits per heavy atom. The number of non-ortho nitro benzene ring substituents is 2. The Labute approximate surface area is 244 Å². The molecule has 226 valence electrons. The Balaban J connectivity index is 1.71. The molecule has 0 amide bonds. The maximum Gasteiger partial charge on any atom is 0.339 e. The van der Waals surface area contributed by atoms with Crippen molar-refractivity contribution in [1.29, 1.82) is 0 Å². The van der Waals surface area contributed by atoms with Gasteiger partial charge in [0.1, 0.15) is 0 Å². The van der Waals surface area contributed by atoms with Crippen LogP contribution in [0.1, 0.15) is 26.3 Å². The average Bonchev–Trinajstić information content (AvgIpc) is 2.99. The highest BCUT2D eigenvalue weighted by Gasteiger charge is 2.49. The second-order valence-electron chi connectivity index (χ2n) is 9.20. The molecule has 4 rings (SSSR count). The molecule has 16 heteroatoms. The van der Waals surface area contributed by atoms with Crippen molar-refractivity contribution in [2.75, 3.05) is 13.7 Å². The summed E-state index contributed by atoms with van der Waals surface area (Å²) in [6.45, 7) is 1.21. The number of ether oxygens (including phenoxy) is 4. The number of hydrogen-bond donors (Lipinski definition) is 0. The highest BCUT2D eigenvalue weighted by Crippen LogP contribution is 2.30. The van der Waals surface area contributed by atoms with Gasteiger partial charge in [0, 0.05) is 19.2 Å². The Hall–Kier alpha value is -4.77. The zero-order valence-corrected chi connectivity index (χ0v) is 23.4. The van der Waals surface area contributed by atoms with Gasteiger partial charge in [-0.3, -0.25) is 24.4 Å². The number of hydrogen-bond acceptors (Lipinski definition) is 13. The Bertz CT molecular complexity index is 1600. The molecule has 1 aliphatic heterocycles. The summed E-state index contributed by atoms with van der Waals surface area (Å²) in [7, 11) is -3.38. The maximum atomic E-state index is 13.3. The predicted molar refractivity (Wildman–Crippen MR) is 145 cm³/mol. The lowest BCUT2D eigenvalue weighted by Crippen LogP contribution is -2.58. The van der Waals surface area contributed by atoms with Gasteiger partial charge in [0.2, 0.25) is 0 Å². The van der Waals surface area contributed by atoms with E-state index in [1.807, 2.05) is 0 Å². The second kappa shape index (κ2) is 13.0. The molecule has 1 aliphatic rings. The number of rotatable bonds is 10. The molecule has 3 aromatic carbocycles. The van der Waals surface area contributed by atoms with Gasteiger partial charge >= 0.3 is 11.9 Å². The minimum absolute atomic E-state index is 0.0977. The third-order valence-corrected chi connectivity index (χ3v) is 7.56. The van der Waals surface area contributed by atoms with E-state index in [0.29, 0.717) is 6.07 Å². The summed E-state index contributed by atoms with van der Waals surface area (Å²) in [5.41, 5.74) is -1.24. The number of carbonyl (C=O) groups excluding carboxylic acids is 2. The molecule has 1 saturated heterocycles. The number of methoxy groups -OCH3 is 1. The van der Waals surface area contributed by atoms with Crippen molar-refractivity contribution in [2.45, 2.75) is 36.4 Å². The summed E-state index contributed by atoms with van der Waals surface area (Å²) in [5, 5.41) is 22.6. The summed E-state index contributed by atoms with van der Waals surface area (Å²) >= 11 is 0. The van der Waals surface area contributed by atoms with E-state index >= 15 is 0 Å². The number of nitrogens with zero attached hydrogens (tertiary/aromatic N) is 2. The minimum Gasteiger partial charge on any atom is -0.453 e. The molecule has 43 heavy (non-hydrogen) atoms. The van der Waals surface area contributed by atoms with Crippen molar-refractivity contribution in [3.05, 3.63) is 110 Å². The van der Waals surface area contributed by atoms with Crippen LogP contribution in [0.2, 0.25) is 0 Å². The van der Waals surface area contributed by atoms with E-state index in [1.165, 1.54) is 43.5 Å². The number of esters is 2. The van der Waals surface area contributed by atoms with Crippen molar-refractivity contribution in [3.63, 3.8) is 0 Å². The lowest BCUT2D eigenvalue weighted by Gasteiger charge is -2.39. The standard InChI is InChI=1S/C27H24N2O13S/c1-16-8-10-21(11-9-16)43(36,37)42-23-22(40-26(31)18-12-19(28(32)33)14-20(13-18)29(34)35)15-39-27(38-2)24(23)41-25(30)17-6-4-3-5-7-17/h3-14,22-24,27H,15H2,1-2H3/t22-,23-,24-,27+/m1/s1. The lowest BCUT2D eigenvalue weighted by atomic mass is 10.0. The number of carbonyl (C=O) groups is 2. The molecular formula is C27H24N2O13S. The Kier molecular flexibility index (Phi) is 9.45. The minimum atomic E-state index is -4.58. The molecule has 3 aromatic rings. The SMILES string of the molecule is CO[C@H]1OC[C@@H](OC(=O)c2cc([N+](=O)[O-])cc([N+](=O)[O-])c2)[C@@H](OS(=O)(=O)c2ccc(C)cc2)[C@H]1OC(=O)c1ccccc1. The first-order chi connectivity index (χ1) is 20.4. The molecule has 0 aliphatic carbocycles. The van der Waals surface area contributed by atoms with Crippen LogP contribution in [0.25, 0.3) is 0 Å². The molecule has 1 fully saturated rings. The monoisotopic (exact) mass is 616 g/mol. The normalized spacial score (nSPS) is 20.1. The average molecular weight is 617 g/mol. The molecule has 0 aromatic heterocycles. The number of nitro benzene ring substituents is 2. The van der Waals surface area contributed by atoms with Gasteiger partial charge < -0.3 is 18.9 Å². The van der Waals surface area contributed by atoms with E-state index in [-0.39, 0.29) is 10.5 Å². The third kappa shape index (κ3) is 7.36. The number of nitro groups is 2. The second-order valence-corrected chi connectivity index (χ2v) is 10.8. The molecule has 0 spiro atoms. The smallest absolute Gasteiger partial charge is 0.339 e. The van der Waals surface area contributed by atoms with Gasteiger partial charge in [0.05, 0.1) is 38.5 Å². The molecule has 4 atom stereocenters. The van der Waals surface area contributed by atoms with Gasteiger partial charge in [-0.05, 0) is 31.2 Å². The molecule has 0 N–H and O–H groups in total. The van der Waals surface area contributed by atoms with Crippen molar-refractivity contribution < 1.29 is 51.0 Å². The summed E-state index contributed by atoms with van der Waals surface area (Å²) in [5.74, 6) is -2.20. The van der Waals surface area contributed by atoms with Crippen LogP contribution < -0.4 is 0 Å². The van der Waals surface area contributed by atoms with Gasteiger partial charge in [-0.1, -0.05) is 35.9 Å². The summed E-state index contributed by atoms with van der Waals surface area (Å²) in [4.78, 5) is 46.6. The molecule has 1 heterocycles. The van der Waals surface area contributed by atoms with Crippen molar-refractivity contribution in [1.82, 2.24) is 0 Å². The quantitative estimate of drug-likeness (QED) is 0.139. The van der Waals surface area contributed by atoms with Crippen molar-refractivity contribution >= 4 is 33.4 Å². The molecule has 15 nitrogen and oxygen atoms in total. The Morgan fingerprint density at radius 2 is 1.42 bits per heavy atom. The summed E-state index contributed by atoms with van der Waals surface area (Å²) in [6, 6.07) is 15.5. The van der Waals surface area contributed by atoms with E-state index in [2.05, 4.69) is 0 Å². The Morgan fingerprint density at radius 3 is 1.98 bits per heavy atom. The molecular weight excluding hydrogens is 592 g/mol. The highest BCUT2D eigenvalue weighted by atomic mass is 32.2. The van der Waals surface area contributed by atoms with Gasteiger partial charge in [0.15, 0.2) is 24.6 Å². The molecule has 0 unspecified atom stereocenters. The van der Waals surface area contributed by atoms with Crippen LogP contribution in [0.3, 0.4) is 0 Å². The molecule has 0 bridgehead atoms. The van der Waals surface area contributed by atoms with E-state index in [1.54, 1.807) is 25.1 Å². The number of aryl methyl sites for hydroxylation is 1. The van der Waals surface area contributed by atoms with Gasteiger partial charge in [-0.15, -0.1) is 0 Å². The largest absolute Gasteiger partial charge is 0.453 e. The van der Waals surface area contributed by atoms with E-state index in [4.69, 9.17) is 23.1 Å². The van der Waals surface area contributed by atoms with Crippen molar-refractivity contribution in [2.24, 2.45) is 0 Å². The van der Waals surface area contributed by atoms with Crippen LogP contribution in [-0.2, 0) is 33.2 Å².